The zero-order valence-electron chi connectivity index (χ0n) is 15.1. The van der Waals surface area contributed by atoms with Gasteiger partial charge in [-0.05, 0) is 41.3 Å². The highest BCUT2D eigenvalue weighted by Gasteiger charge is 2.41. The Balaban J connectivity index is 1.67. The number of Topliss-reactive ketones (excluding diaryl/α,β-unsaturated/α-hetero) is 1. The van der Waals surface area contributed by atoms with Crippen molar-refractivity contribution in [3.63, 3.8) is 0 Å². The van der Waals surface area contributed by atoms with Crippen LogP contribution in [0.1, 0.15) is 20.9 Å². The number of fused-ring (bicyclic) bond motifs is 1. The van der Waals surface area contributed by atoms with E-state index in [1.807, 2.05) is 6.07 Å². The van der Waals surface area contributed by atoms with E-state index in [2.05, 4.69) is 10.3 Å². The molecule has 3 aromatic rings. The number of ketones is 1. The second-order valence-corrected chi connectivity index (χ2v) is 9.06. The minimum Gasteiger partial charge on any atom is -0.384 e. The molecular formula is C20H16FN3O3S2. The number of thiophene rings is 1. The number of carbonyl (C=O) groups excluding carboxylic acids is 1. The highest BCUT2D eigenvalue weighted by molar-refractivity contribution is 7.97. The average molecular weight is 429 g/mol. The molecule has 148 valence electrons. The van der Waals surface area contributed by atoms with Crippen LogP contribution in [-0.4, -0.2) is 19.2 Å². The van der Waals surface area contributed by atoms with Crippen LogP contribution >= 0.6 is 11.3 Å². The molecular weight excluding hydrogens is 413 g/mol. The van der Waals surface area contributed by atoms with Crippen molar-refractivity contribution in [3.8, 4) is 0 Å². The summed E-state index contributed by atoms with van der Waals surface area (Å²) in [5.41, 5.74) is 1.67. The number of carbonyl (C=O) groups is 1. The van der Waals surface area contributed by atoms with Crippen molar-refractivity contribution in [1.82, 2.24) is 10.3 Å². The number of benzene rings is 1. The van der Waals surface area contributed by atoms with Crippen LogP contribution in [-0.2, 0) is 23.1 Å². The zero-order valence-corrected chi connectivity index (χ0v) is 16.7. The van der Waals surface area contributed by atoms with Crippen LogP contribution < -0.4 is 9.62 Å². The summed E-state index contributed by atoms with van der Waals surface area (Å²) < 4.78 is 40.8. The molecule has 0 radical (unpaired) electrons. The molecule has 0 unspecified atom stereocenters. The molecule has 0 aliphatic carbocycles. The second-order valence-electron chi connectivity index (χ2n) is 6.31. The van der Waals surface area contributed by atoms with E-state index < -0.39 is 21.6 Å². The first-order valence-corrected chi connectivity index (χ1v) is 11.0. The van der Waals surface area contributed by atoms with Crippen LogP contribution in [0.4, 0.5) is 10.1 Å². The predicted molar refractivity (Wildman–Crippen MR) is 109 cm³/mol. The summed E-state index contributed by atoms with van der Waals surface area (Å²) in [7, 11) is -4.08. The summed E-state index contributed by atoms with van der Waals surface area (Å²) in [5.74, 6) is -0.945. The van der Waals surface area contributed by atoms with Crippen molar-refractivity contribution in [2.75, 3.05) is 4.31 Å². The number of anilines is 1. The van der Waals surface area contributed by atoms with Gasteiger partial charge in [-0.2, -0.15) is 0 Å². The molecule has 0 atom stereocenters. The molecule has 0 bridgehead atoms. The number of nitrogens with zero attached hydrogens (tertiary/aromatic N) is 2. The van der Waals surface area contributed by atoms with E-state index in [4.69, 9.17) is 0 Å². The SMILES string of the molecule is O=C1/C(=C/NCc2ccccn2)S(=O)(=O)N(Cc2ccc(F)cc2)c2ccsc21. The lowest BCUT2D eigenvalue weighted by Gasteiger charge is -2.29. The predicted octanol–water partition coefficient (Wildman–Crippen LogP) is 3.45. The highest BCUT2D eigenvalue weighted by atomic mass is 32.2. The number of hydrogen-bond donors (Lipinski definition) is 1. The fourth-order valence-electron chi connectivity index (χ4n) is 2.96. The summed E-state index contributed by atoms with van der Waals surface area (Å²) in [5, 5.41) is 4.56. The van der Waals surface area contributed by atoms with Crippen molar-refractivity contribution in [2.45, 2.75) is 13.1 Å². The number of sulfonamides is 1. The maximum Gasteiger partial charge on any atom is 0.270 e. The van der Waals surface area contributed by atoms with E-state index in [9.17, 15) is 17.6 Å². The third kappa shape index (κ3) is 3.79. The number of pyridine rings is 1. The Morgan fingerprint density at radius 2 is 1.93 bits per heavy atom. The maximum atomic E-state index is 13.2. The topological polar surface area (TPSA) is 79.4 Å². The molecule has 1 aliphatic rings. The Hall–Kier alpha value is -3.04. The van der Waals surface area contributed by atoms with Gasteiger partial charge in [-0.25, -0.2) is 12.8 Å². The molecule has 0 saturated carbocycles. The summed E-state index contributed by atoms with van der Waals surface area (Å²) >= 11 is 1.19. The Morgan fingerprint density at radius 1 is 1.14 bits per heavy atom. The van der Waals surface area contributed by atoms with Gasteiger partial charge in [0, 0.05) is 12.4 Å². The third-order valence-corrected chi connectivity index (χ3v) is 7.06. The van der Waals surface area contributed by atoms with Gasteiger partial charge in [0.25, 0.3) is 10.0 Å². The summed E-state index contributed by atoms with van der Waals surface area (Å²) in [6.45, 7) is 0.277. The molecule has 6 nitrogen and oxygen atoms in total. The number of hydrogen-bond acceptors (Lipinski definition) is 6. The molecule has 1 aliphatic heterocycles. The van der Waals surface area contributed by atoms with Gasteiger partial charge in [-0.3, -0.25) is 14.1 Å². The Morgan fingerprint density at radius 3 is 2.66 bits per heavy atom. The van der Waals surface area contributed by atoms with E-state index >= 15 is 0 Å². The Bertz CT molecular complexity index is 1170. The van der Waals surface area contributed by atoms with E-state index in [0.717, 1.165) is 0 Å². The molecule has 3 heterocycles. The van der Waals surface area contributed by atoms with Gasteiger partial charge >= 0.3 is 0 Å². The maximum absolute atomic E-state index is 13.2. The van der Waals surface area contributed by atoms with Gasteiger partial charge in [0.15, 0.2) is 4.91 Å². The smallest absolute Gasteiger partial charge is 0.270 e. The quantitative estimate of drug-likeness (QED) is 0.629. The summed E-state index contributed by atoms with van der Waals surface area (Å²) in [6, 6.07) is 12.6. The van der Waals surface area contributed by atoms with Crippen LogP contribution in [0.25, 0.3) is 0 Å². The Kier molecular flexibility index (Phi) is 5.16. The van der Waals surface area contributed by atoms with E-state index in [1.54, 1.807) is 29.8 Å². The minimum absolute atomic E-state index is 0.00277. The summed E-state index contributed by atoms with van der Waals surface area (Å²) in [4.78, 5) is 17.0. The number of aromatic nitrogens is 1. The normalized spacial score (nSPS) is 16.7. The molecule has 0 fully saturated rings. The van der Waals surface area contributed by atoms with Gasteiger partial charge in [0.05, 0.1) is 24.5 Å². The van der Waals surface area contributed by atoms with E-state index in [0.29, 0.717) is 21.8 Å². The largest absolute Gasteiger partial charge is 0.384 e. The highest BCUT2D eigenvalue weighted by Crippen LogP contribution is 2.39. The van der Waals surface area contributed by atoms with E-state index in [1.165, 1.54) is 46.1 Å². The third-order valence-electron chi connectivity index (χ3n) is 4.39. The van der Waals surface area contributed by atoms with E-state index in [-0.39, 0.29) is 18.0 Å². The van der Waals surface area contributed by atoms with Gasteiger partial charge in [0.2, 0.25) is 5.78 Å². The monoisotopic (exact) mass is 429 g/mol. The molecule has 0 amide bonds. The minimum atomic E-state index is -4.08. The first-order valence-electron chi connectivity index (χ1n) is 8.69. The standard InChI is InChI=1S/C20H16FN3O3S2/c21-15-6-4-14(5-7-15)13-24-17-8-10-28-20(17)19(25)18(29(24,26)27)12-22-11-16-3-1-2-9-23-16/h1-10,12,22H,11,13H2/b18-12-. The van der Waals surface area contributed by atoms with Crippen LogP contribution in [0.15, 0.2) is 71.2 Å². The van der Waals surface area contributed by atoms with Gasteiger partial charge in [-0.15, -0.1) is 11.3 Å². The van der Waals surface area contributed by atoms with Crippen molar-refractivity contribution >= 4 is 32.8 Å². The molecule has 4 rings (SSSR count). The fraction of sp³-hybridized carbons (Fsp3) is 0.100. The fourth-order valence-corrected chi connectivity index (χ4v) is 5.47. The molecule has 2 aromatic heterocycles. The lowest BCUT2D eigenvalue weighted by molar-refractivity contribution is 0.104. The van der Waals surface area contributed by atoms with Gasteiger partial charge < -0.3 is 5.32 Å². The second kappa shape index (κ2) is 7.76. The summed E-state index contributed by atoms with van der Waals surface area (Å²) in [6.07, 6.45) is 2.86. The first kappa shape index (κ1) is 19.3. The number of nitrogens with one attached hydrogen (secondary N) is 1. The average Bonchev–Trinajstić information content (AvgIpc) is 3.20. The lowest BCUT2D eigenvalue weighted by atomic mass is 10.2. The zero-order chi connectivity index (χ0) is 20.4. The van der Waals surface area contributed by atoms with Crippen molar-refractivity contribution in [1.29, 1.82) is 0 Å². The van der Waals surface area contributed by atoms with Crippen molar-refractivity contribution < 1.29 is 17.6 Å². The van der Waals surface area contributed by atoms with Gasteiger partial charge in [0.1, 0.15) is 10.7 Å². The first-order chi connectivity index (χ1) is 14.0. The van der Waals surface area contributed by atoms with Crippen LogP contribution in [0.2, 0.25) is 0 Å². The molecule has 29 heavy (non-hydrogen) atoms. The molecule has 1 aromatic carbocycles. The molecule has 9 heteroatoms. The van der Waals surface area contributed by atoms with Crippen molar-refractivity contribution in [2.24, 2.45) is 0 Å². The lowest BCUT2D eigenvalue weighted by Crippen LogP contribution is -2.38. The Labute approximate surface area is 171 Å². The van der Waals surface area contributed by atoms with Crippen molar-refractivity contribution in [3.05, 3.63) is 93.2 Å². The molecule has 1 N–H and O–H groups in total. The number of halogens is 1. The number of allylic oxidation sites excluding steroid dienone is 1. The van der Waals surface area contributed by atoms with Crippen LogP contribution in [0.3, 0.4) is 0 Å². The molecule has 0 spiro atoms. The van der Waals surface area contributed by atoms with Gasteiger partial charge in [-0.1, -0.05) is 18.2 Å². The molecule has 0 saturated heterocycles. The number of rotatable bonds is 5. The van der Waals surface area contributed by atoms with Crippen LogP contribution in [0.5, 0.6) is 0 Å². The van der Waals surface area contributed by atoms with Crippen LogP contribution in [0, 0.1) is 5.82 Å².